The van der Waals surface area contributed by atoms with Crippen LogP contribution in [-0.2, 0) is 33.8 Å². The molecule has 1 saturated carbocycles. The first kappa shape index (κ1) is 28.5. The second kappa shape index (κ2) is 10.6. The van der Waals surface area contributed by atoms with Gasteiger partial charge in [-0.15, -0.1) is 11.3 Å². The fourth-order valence-corrected chi connectivity index (χ4v) is 7.23. The normalized spacial score (nSPS) is 21.0. The van der Waals surface area contributed by atoms with Gasteiger partial charge in [0.1, 0.15) is 18.0 Å². The Hall–Kier alpha value is -3.59. The molecule has 0 radical (unpaired) electrons. The van der Waals surface area contributed by atoms with Gasteiger partial charge in [-0.3, -0.25) is 4.79 Å². The van der Waals surface area contributed by atoms with Crippen molar-refractivity contribution in [2.75, 3.05) is 31.6 Å². The number of ether oxygens (including phenoxy) is 3. The SMILES string of the molecule is COC(=O)[C@]12C[C@H]1CN(c1nc(-c3cccc(C)c3OCc3cc(C)c4c(c3)CCN(C(=O)OC(C)(C)C)C4)cs1)C2. The molecule has 2 aromatic carbocycles. The van der Waals surface area contributed by atoms with Crippen molar-refractivity contribution >= 4 is 28.5 Å². The molecule has 3 heterocycles. The van der Waals surface area contributed by atoms with Crippen LogP contribution in [0.3, 0.4) is 0 Å². The maximum absolute atomic E-state index is 12.6. The minimum absolute atomic E-state index is 0.0982. The number of fused-ring (bicyclic) bond motifs is 2. The number of hydrogen-bond donors (Lipinski definition) is 0. The van der Waals surface area contributed by atoms with Crippen molar-refractivity contribution in [1.82, 2.24) is 9.88 Å². The molecule has 1 aromatic heterocycles. The lowest BCUT2D eigenvalue weighted by Gasteiger charge is -2.32. The van der Waals surface area contributed by atoms with Gasteiger partial charge in [0.05, 0.1) is 18.2 Å². The highest BCUT2D eigenvalue weighted by Gasteiger charge is 2.66. The number of benzene rings is 2. The Morgan fingerprint density at radius 2 is 1.98 bits per heavy atom. The number of aromatic nitrogens is 1. The number of methoxy groups -OCH3 is 1. The number of para-hydroxylation sites is 1. The molecule has 0 N–H and O–H groups in total. The number of anilines is 1. The summed E-state index contributed by atoms with van der Waals surface area (Å²) < 4.78 is 17.2. The molecule has 0 unspecified atom stereocenters. The molecule has 2 aliphatic heterocycles. The van der Waals surface area contributed by atoms with E-state index in [-0.39, 0.29) is 17.5 Å². The molecule has 3 aliphatic rings. The van der Waals surface area contributed by atoms with Crippen molar-refractivity contribution in [3.63, 3.8) is 0 Å². The summed E-state index contributed by atoms with van der Waals surface area (Å²) >= 11 is 1.60. The molecule has 6 rings (SSSR count). The van der Waals surface area contributed by atoms with Gasteiger partial charge in [0.25, 0.3) is 0 Å². The molecule has 42 heavy (non-hydrogen) atoms. The second-order valence-electron chi connectivity index (χ2n) is 12.9. The van der Waals surface area contributed by atoms with Gasteiger partial charge in [-0.2, -0.15) is 0 Å². The Kier molecular flexibility index (Phi) is 7.20. The van der Waals surface area contributed by atoms with E-state index >= 15 is 0 Å². The van der Waals surface area contributed by atoms with E-state index in [9.17, 15) is 9.59 Å². The van der Waals surface area contributed by atoms with E-state index in [1.807, 2.05) is 26.8 Å². The summed E-state index contributed by atoms with van der Waals surface area (Å²) in [5.74, 6) is 1.09. The van der Waals surface area contributed by atoms with Crippen molar-refractivity contribution in [2.45, 2.75) is 66.2 Å². The van der Waals surface area contributed by atoms with Gasteiger partial charge in [0, 0.05) is 37.1 Å². The molecule has 0 bridgehead atoms. The van der Waals surface area contributed by atoms with Crippen molar-refractivity contribution in [2.24, 2.45) is 11.3 Å². The van der Waals surface area contributed by atoms with Crippen molar-refractivity contribution < 1.29 is 23.8 Å². The Bertz CT molecular complexity index is 1540. The van der Waals surface area contributed by atoms with Gasteiger partial charge < -0.3 is 24.0 Å². The summed E-state index contributed by atoms with van der Waals surface area (Å²) in [7, 11) is 1.47. The summed E-state index contributed by atoms with van der Waals surface area (Å²) in [6, 6.07) is 10.5. The third kappa shape index (κ3) is 5.35. The first-order chi connectivity index (χ1) is 20.0. The molecular formula is C33H39N3O5S. The van der Waals surface area contributed by atoms with Gasteiger partial charge in [-0.1, -0.05) is 24.3 Å². The first-order valence-corrected chi connectivity index (χ1v) is 15.5. The number of rotatable bonds is 6. The number of aryl methyl sites for hydroxylation is 2. The summed E-state index contributed by atoms with van der Waals surface area (Å²) in [5.41, 5.74) is 6.75. The van der Waals surface area contributed by atoms with E-state index in [0.717, 1.165) is 58.2 Å². The van der Waals surface area contributed by atoms with Gasteiger partial charge in [0.2, 0.25) is 0 Å². The van der Waals surface area contributed by atoms with Crippen LogP contribution in [-0.4, -0.2) is 54.3 Å². The van der Waals surface area contributed by atoms with Gasteiger partial charge in [0.15, 0.2) is 5.13 Å². The Morgan fingerprint density at radius 3 is 2.74 bits per heavy atom. The second-order valence-corrected chi connectivity index (χ2v) is 13.7. The zero-order valence-electron chi connectivity index (χ0n) is 25.3. The minimum atomic E-state index is -0.510. The predicted molar refractivity (Wildman–Crippen MR) is 163 cm³/mol. The number of amides is 1. The largest absolute Gasteiger partial charge is 0.488 e. The Morgan fingerprint density at radius 1 is 1.17 bits per heavy atom. The van der Waals surface area contributed by atoms with Crippen LogP contribution in [0.5, 0.6) is 5.75 Å². The van der Waals surface area contributed by atoms with Gasteiger partial charge >= 0.3 is 12.1 Å². The zero-order valence-corrected chi connectivity index (χ0v) is 26.1. The number of esters is 1. The maximum Gasteiger partial charge on any atom is 0.410 e. The lowest BCUT2D eigenvalue weighted by atomic mass is 9.93. The molecule has 1 saturated heterocycles. The highest BCUT2D eigenvalue weighted by Crippen LogP contribution is 2.59. The quantitative estimate of drug-likeness (QED) is 0.312. The van der Waals surface area contributed by atoms with Crippen LogP contribution in [0.15, 0.2) is 35.7 Å². The lowest BCUT2D eigenvalue weighted by Crippen LogP contribution is -2.40. The molecule has 1 amide bonds. The number of piperidine rings is 1. The number of carbonyl (C=O) groups is 2. The van der Waals surface area contributed by atoms with Gasteiger partial charge in [-0.25, -0.2) is 9.78 Å². The van der Waals surface area contributed by atoms with Crippen molar-refractivity contribution in [1.29, 1.82) is 0 Å². The molecule has 3 aromatic rings. The molecule has 2 atom stereocenters. The van der Waals surface area contributed by atoms with Crippen LogP contribution in [0.1, 0.15) is 55.0 Å². The van der Waals surface area contributed by atoms with Crippen LogP contribution < -0.4 is 9.64 Å². The van der Waals surface area contributed by atoms with Crippen LogP contribution in [0.25, 0.3) is 11.3 Å². The average Bonchev–Trinajstić information content (AvgIpc) is 3.27. The van der Waals surface area contributed by atoms with Gasteiger partial charge in [-0.05, 0) is 87.3 Å². The Labute approximate surface area is 251 Å². The number of hydrogen-bond acceptors (Lipinski definition) is 8. The smallest absolute Gasteiger partial charge is 0.410 e. The summed E-state index contributed by atoms with van der Waals surface area (Å²) in [6.07, 6.45) is 1.44. The third-order valence-electron chi connectivity index (χ3n) is 8.65. The fourth-order valence-electron chi connectivity index (χ4n) is 6.39. The summed E-state index contributed by atoms with van der Waals surface area (Å²) in [6.45, 7) is 13.0. The molecule has 222 valence electrons. The van der Waals surface area contributed by atoms with Crippen LogP contribution in [0.2, 0.25) is 0 Å². The van der Waals surface area contributed by atoms with E-state index in [4.69, 9.17) is 19.2 Å². The van der Waals surface area contributed by atoms with Crippen molar-refractivity contribution in [3.8, 4) is 17.0 Å². The third-order valence-corrected chi connectivity index (χ3v) is 9.55. The molecule has 1 aliphatic carbocycles. The predicted octanol–water partition coefficient (Wildman–Crippen LogP) is 6.30. The highest BCUT2D eigenvalue weighted by molar-refractivity contribution is 7.14. The van der Waals surface area contributed by atoms with E-state index < -0.39 is 5.60 Å². The average molecular weight is 590 g/mol. The van der Waals surface area contributed by atoms with E-state index in [1.54, 1.807) is 16.2 Å². The fraction of sp³-hybridized carbons (Fsp3) is 0.485. The van der Waals surface area contributed by atoms with E-state index in [2.05, 4.69) is 48.4 Å². The topological polar surface area (TPSA) is 81.2 Å². The molecule has 8 nitrogen and oxygen atoms in total. The minimum Gasteiger partial charge on any atom is -0.488 e. The molecular weight excluding hydrogens is 550 g/mol. The number of nitrogens with zero attached hydrogens (tertiary/aromatic N) is 3. The molecule has 9 heteroatoms. The highest BCUT2D eigenvalue weighted by atomic mass is 32.1. The Balaban J connectivity index is 1.16. The molecule has 2 fully saturated rings. The van der Waals surface area contributed by atoms with Crippen LogP contribution in [0.4, 0.5) is 9.93 Å². The summed E-state index contributed by atoms with van der Waals surface area (Å²) in [4.78, 5) is 34.0. The van der Waals surface area contributed by atoms with E-state index in [0.29, 0.717) is 32.2 Å². The van der Waals surface area contributed by atoms with Crippen LogP contribution >= 0.6 is 11.3 Å². The monoisotopic (exact) mass is 589 g/mol. The maximum atomic E-state index is 12.6. The number of carbonyl (C=O) groups excluding carboxylic acids is 2. The number of thiazole rings is 1. The summed E-state index contributed by atoms with van der Waals surface area (Å²) in [5, 5.41) is 3.00. The van der Waals surface area contributed by atoms with E-state index in [1.165, 1.54) is 18.2 Å². The van der Waals surface area contributed by atoms with Crippen molar-refractivity contribution in [3.05, 3.63) is 63.5 Å². The standard InChI is InChI=1S/C33H39N3O5S/c1-20-8-7-9-25(27-18-42-30(34-27)36-15-24-14-33(24,19-36)29(37)39-6)28(20)40-17-22-12-21(2)26-16-35(11-10-23(26)13-22)31(38)41-32(3,4)5/h7-9,12-13,18,24H,10-11,14-17,19H2,1-6H3/t24-,33-/m0/s1. The molecule has 0 spiro atoms. The van der Waals surface area contributed by atoms with Crippen LogP contribution in [0, 0.1) is 25.2 Å². The zero-order chi connectivity index (χ0) is 29.8. The first-order valence-electron chi connectivity index (χ1n) is 14.6. The lowest BCUT2D eigenvalue weighted by molar-refractivity contribution is -0.146.